The monoisotopic (exact) mass is 445 g/mol. The second-order valence-electron chi connectivity index (χ2n) is 5.45. The fourth-order valence-electron chi connectivity index (χ4n) is 2.52. The van der Waals surface area contributed by atoms with Crippen LogP contribution in [0, 0.1) is 0 Å². The van der Waals surface area contributed by atoms with Crippen molar-refractivity contribution in [1.82, 2.24) is 9.97 Å². The minimum absolute atomic E-state index is 0.238. The van der Waals surface area contributed by atoms with Crippen LogP contribution >= 0.6 is 27.3 Å². The van der Waals surface area contributed by atoms with Crippen molar-refractivity contribution in [2.75, 3.05) is 4.72 Å². The van der Waals surface area contributed by atoms with Crippen LogP contribution in [0.3, 0.4) is 0 Å². The van der Waals surface area contributed by atoms with Crippen LogP contribution in [-0.4, -0.2) is 18.4 Å². The van der Waals surface area contributed by atoms with Crippen LogP contribution in [0.4, 0.5) is 5.69 Å². The summed E-state index contributed by atoms with van der Waals surface area (Å²) in [5.41, 5.74) is 2.43. The quantitative estimate of drug-likeness (QED) is 0.483. The van der Waals surface area contributed by atoms with Gasteiger partial charge >= 0.3 is 0 Å². The van der Waals surface area contributed by atoms with E-state index in [1.54, 1.807) is 30.5 Å². The van der Waals surface area contributed by atoms with E-state index in [0.717, 1.165) is 26.2 Å². The largest absolute Gasteiger partial charge is 0.277 e. The van der Waals surface area contributed by atoms with Crippen molar-refractivity contribution < 1.29 is 8.42 Å². The van der Waals surface area contributed by atoms with Gasteiger partial charge in [0, 0.05) is 11.6 Å². The minimum Gasteiger partial charge on any atom is -0.277 e. The SMILES string of the molecule is O=S(=O)(Nc1cccc2ccc(-c3ccccn3)nc12)c1ccc(Br)s1. The lowest BCUT2D eigenvalue weighted by Crippen LogP contribution is -2.12. The normalized spacial score (nSPS) is 11.6. The van der Waals surface area contributed by atoms with Gasteiger partial charge in [0.2, 0.25) is 0 Å². The molecule has 130 valence electrons. The van der Waals surface area contributed by atoms with Gasteiger partial charge < -0.3 is 0 Å². The lowest BCUT2D eigenvalue weighted by molar-refractivity contribution is 0.603. The molecule has 0 saturated heterocycles. The number of sulfonamides is 1. The summed E-state index contributed by atoms with van der Waals surface area (Å²) in [7, 11) is -3.68. The number of nitrogens with zero attached hydrogens (tertiary/aromatic N) is 2. The summed E-state index contributed by atoms with van der Waals surface area (Å²) < 4.78 is 28.9. The number of anilines is 1. The molecule has 3 aromatic heterocycles. The van der Waals surface area contributed by atoms with Crippen molar-refractivity contribution in [1.29, 1.82) is 0 Å². The van der Waals surface area contributed by atoms with E-state index >= 15 is 0 Å². The van der Waals surface area contributed by atoms with Crippen molar-refractivity contribution in [3.63, 3.8) is 0 Å². The first-order valence-electron chi connectivity index (χ1n) is 7.62. The molecule has 0 aliphatic heterocycles. The predicted octanol–water partition coefficient (Wildman–Crippen LogP) is 4.92. The summed E-state index contributed by atoms with van der Waals surface area (Å²) >= 11 is 4.45. The molecule has 1 aromatic carbocycles. The van der Waals surface area contributed by atoms with Crippen LogP contribution in [0.1, 0.15) is 0 Å². The van der Waals surface area contributed by atoms with Gasteiger partial charge in [-0.25, -0.2) is 13.4 Å². The van der Waals surface area contributed by atoms with Gasteiger partial charge in [-0.15, -0.1) is 11.3 Å². The third-order valence-electron chi connectivity index (χ3n) is 3.71. The average Bonchev–Trinajstić information content (AvgIpc) is 3.10. The summed E-state index contributed by atoms with van der Waals surface area (Å²) in [5.74, 6) is 0. The molecule has 4 aromatic rings. The van der Waals surface area contributed by atoms with E-state index in [1.165, 1.54) is 0 Å². The van der Waals surface area contributed by atoms with Crippen LogP contribution in [-0.2, 0) is 10.0 Å². The van der Waals surface area contributed by atoms with Gasteiger partial charge in [0.25, 0.3) is 10.0 Å². The number of hydrogen-bond acceptors (Lipinski definition) is 5. The van der Waals surface area contributed by atoms with Crippen LogP contribution in [0.5, 0.6) is 0 Å². The fourth-order valence-corrected chi connectivity index (χ4v) is 5.60. The lowest BCUT2D eigenvalue weighted by Gasteiger charge is -2.10. The van der Waals surface area contributed by atoms with E-state index in [2.05, 4.69) is 30.6 Å². The average molecular weight is 446 g/mol. The lowest BCUT2D eigenvalue weighted by atomic mass is 10.1. The van der Waals surface area contributed by atoms with Crippen LogP contribution < -0.4 is 4.72 Å². The van der Waals surface area contributed by atoms with Crippen molar-refractivity contribution in [2.45, 2.75) is 4.21 Å². The molecule has 0 spiro atoms. The third kappa shape index (κ3) is 3.35. The van der Waals surface area contributed by atoms with Crippen molar-refractivity contribution in [3.8, 4) is 11.4 Å². The van der Waals surface area contributed by atoms with Crippen molar-refractivity contribution in [2.24, 2.45) is 0 Å². The molecule has 0 aliphatic rings. The number of halogens is 1. The van der Waals surface area contributed by atoms with Gasteiger partial charge in [0.1, 0.15) is 4.21 Å². The number of fused-ring (bicyclic) bond motifs is 1. The third-order valence-corrected chi connectivity index (χ3v) is 7.19. The Labute approximate surface area is 162 Å². The number of thiophene rings is 1. The van der Waals surface area contributed by atoms with Gasteiger partial charge in [-0.05, 0) is 52.3 Å². The molecule has 0 atom stereocenters. The maximum atomic E-state index is 12.7. The molecular weight excluding hydrogens is 434 g/mol. The Bertz CT molecular complexity index is 1190. The van der Waals surface area contributed by atoms with Crippen LogP contribution in [0.2, 0.25) is 0 Å². The highest BCUT2D eigenvalue weighted by molar-refractivity contribution is 9.11. The number of benzene rings is 1. The van der Waals surface area contributed by atoms with Crippen LogP contribution in [0.15, 0.2) is 74.9 Å². The summed E-state index contributed by atoms with van der Waals surface area (Å²) in [5, 5.41) is 0.845. The maximum Gasteiger partial charge on any atom is 0.271 e. The Morgan fingerprint density at radius 2 is 1.81 bits per heavy atom. The molecule has 0 fully saturated rings. The number of nitrogens with one attached hydrogen (secondary N) is 1. The molecule has 4 rings (SSSR count). The standard InChI is InChI=1S/C18H12BrN3O2S2/c19-16-9-10-17(25-16)26(23,24)22-15-6-3-4-12-7-8-14(21-18(12)15)13-5-1-2-11-20-13/h1-11,22H. The summed E-state index contributed by atoms with van der Waals surface area (Å²) in [6, 6.07) is 18.0. The molecule has 5 nitrogen and oxygen atoms in total. The second kappa shape index (κ2) is 6.79. The first-order valence-corrected chi connectivity index (χ1v) is 10.7. The number of pyridine rings is 2. The van der Waals surface area contributed by atoms with E-state index in [4.69, 9.17) is 0 Å². The molecule has 0 radical (unpaired) electrons. The minimum atomic E-state index is -3.68. The van der Waals surface area contributed by atoms with E-state index < -0.39 is 10.0 Å². The highest BCUT2D eigenvalue weighted by Gasteiger charge is 2.18. The molecule has 0 bridgehead atoms. The molecule has 1 N–H and O–H groups in total. The van der Waals surface area contributed by atoms with E-state index in [9.17, 15) is 8.42 Å². The van der Waals surface area contributed by atoms with Crippen LogP contribution in [0.25, 0.3) is 22.3 Å². The van der Waals surface area contributed by atoms with Gasteiger partial charge in [-0.2, -0.15) is 0 Å². The molecule has 0 saturated carbocycles. The summed E-state index contributed by atoms with van der Waals surface area (Å²) in [4.78, 5) is 8.94. The Morgan fingerprint density at radius 3 is 2.54 bits per heavy atom. The first-order chi connectivity index (χ1) is 12.5. The second-order valence-corrected chi connectivity index (χ2v) is 9.83. The molecule has 26 heavy (non-hydrogen) atoms. The van der Waals surface area contributed by atoms with Crippen molar-refractivity contribution >= 4 is 53.9 Å². The van der Waals surface area contributed by atoms with E-state index in [1.807, 2.05) is 36.4 Å². The Hall–Kier alpha value is -2.29. The zero-order valence-corrected chi connectivity index (χ0v) is 16.5. The zero-order valence-electron chi connectivity index (χ0n) is 13.3. The Balaban J connectivity index is 1.80. The highest BCUT2D eigenvalue weighted by Crippen LogP contribution is 2.30. The number of aromatic nitrogens is 2. The summed E-state index contributed by atoms with van der Waals surface area (Å²) in [6.45, 7) is 0. The maximum absolute atomic E-state index is 12.7. The number of para-hydroxylation sites is 1. The topological polar surface area (TPSA) is 72.0 Å². The molecule has 0 amide bonds. The fraction of sp³-hybridized carbons (Fsp3) is 0. The van der Waals surface area contributed by atoms with Gasteiger partial charge in [0.15, 0.2) is 0 Å². The molecular formula is C18H12BrN3O2S2. The van der Waals surface area contributed by atoms with E-state index in [-0.39, 0.29) is 4.21 Å². The summed E-state index contributed by atoms with van der Waals surface area (Å²) in [6.07, 6.45) is 1.70. The van der Waals surface area contributed by atoms with Crippen molar-refractivity contribution in [3.05, 3.63) is 70.6 Å². The zero-order chi connectivity index (χ0) is 18.1. The van der Waals surface area contributed by atoms with Gasteiger partial charge in [0.05, 0.1) is 26.4 Å². The van der Waals surface area contributed by atoms with Gasteiger partial charge in [-0.3, -0.25) is 9.71 Å². The molecule has 3 heterocycles. The smallest absolute Gasteiger partial charge is 0.271 e. The molecule has 0 unspecified atom stereocenters. The predicted molar refractivity (Wildman–Crippen MR) is 108 cm³/mol. The number of hydrogen-bond donors (Lipinski definition) is 1. The molecule has 8 heteroatoms. The Kier molecular flexibility index (Phi) is 4.47. The molecule has 0 aliphatic carbocycles. The number of rotatable bonds is 4. The Morgan fingerprint density at radius 1 is 0.923 bits per heavy atom. The highest BCUT2D eigenvalue weighted by atomic mass is 79.9. The first kappa shape index (κ1) is 17.1. The van der Waals surface area contributed by atoms with Gasteiger partial charge in [-0.1, -0.05) is 24.3 Å². The van der Waals surface area contributed by atoms with E-state index in [0.29, 0.717) is 16.9 Å².